The first-order valence-electron chi connectivity index (χ1n) is 14.7. The maximum atomic E-state index is 15.0. The minimum atomic E-state index is -1.52. The maximum Gasteiger partial charge on any atom is 0.337 e. The van der Waals surface area contributed by atoms with Gasteiger partial charge in [-0.2, -0.15) is 0 Å². The Morgan fingerprint density at radius 3 is 1.98 bits per heavy atom. The van der Waals surface area contributed by atoms with Crippen molar-refractivity contribution < 1.29 is 38.5 Å². The highest BCUT2D eigenvalue weighted by atomic mass is 19.1. The smallest absolute Gasteiger partial charge is 0.337 e. The Kier molecular flexibility index (Phi) is 13.4. The van der Waals surface area contributed by atoms with Crippen LogP contribution in [0.5, 0.6) is 5.75 Å². The van der Waals surface area contributed by atoms with Gasteiger partial charge in [-0.15, -0.1) is 6.42 Å². The second kappa shape index (κ2) is 18.1. The van der Waals surface area contributed by atoms with E-state index in [1.807, 2.05) is 0 Å². The van der Waals surface area contributed by atoms with Gasteiger partial charge in [-0.3, -0.25) is 18.7 Å². The number of nitrogens with one attached hydrogen (secondary N) is 1. The minimum Gasteiger partial charge on any atom is -0.490 e. The van der Waals surface area contributed by atoms with Crippen molar-refractivity contribution >= 4 is 47.3 Å². The van der Waals surface area contributed by atoms with Crippen molar-refractivity contribution in [2.45, 2.75) is 6.42 Å². The Labute approximate surface area is 295 Å². The van der Waals surface area contributed by atoms with E-state index in [-0.39, 0.29) is 64.9 Å². The quantitative estimate of drug-likeness (QED) is 0.0420. The van der Waals surface area contributed by atoms with Crippen LogP contribution < -0.4 is 38.7 Å². The van der Waals surface area contributed by atoms with Crippen molar-refractivity contribution in [2.24, 2.45) is 28.7 Å². The van der Waals surface area contributed by atoms with Gasteiger partial charge in [0.15, 0.2) is 11.6 Å². The number of rotatable bonds is 13. The molecule has 0 saturated carbocycles. The topological polar surface area (TPSA) is 296 Å². The van der Waals surface area contributed by atoms with Crippen molar-refractivity contribution in [3.63, 3.8) is 0 Å². The molecule has 52 heavy (non-hydrogen) atoms. The zero-order valence-electron chi connectivity index (χ0n) is 27.1. The number of ether oxygens (including phenoxy) is 1. The number of primary amides is 1. The molecule has 2 aromatic carbocycles. The summed E-state index contributed by atoms with van der Waals surface area (Å²) < 4.78 is 23.6. The van der Waals surface area contributed by atoms with Crippen LogP contribution >= 0.6 is 0 Å². The van der Waals surface area contributed by atoms with Crippen LogP contribution in [0.25, 0.3) is 17.3 Å². The van der Waals surface area contributed by atoms with E-state index in [0.29, 0.717) is 11.6 Å². The predicted octanol–water partition coefficient (Wildman–Crippen LogP) is 1.31. The third-order valence-electron chi connectivity index (χ3n) is 6.85. The molecule has 0 aliphatic heterocycles. The molecular weight excluding hydrogens is 679 g/mol. The number of halogens is 1. The molecule has 0 atom stereocenters. The lowest BCUT2D eigenvalue weighted by Crippen LogP contribution is -2.21. The molecule has 0 spiro atoms. The highest BCUT2D eigenvalue weighted by molar-refractivity contribution is 6.07. The van der Waals surface area contributed by atoms with Gasteiger partial charge in [-0.1, -0.05) is 5.92 Å². The molecule has 17 nitrogen and oxygen atoms in total. The number of aromatic carboxylic acids is 2. The number of nitrogens with zero attached hydrogens (tertiary/aromatic N) is 4. The summed E-state index contributed by atoms with van der Waals surface area (Å²) >= 11 is 0. The van der Waals surface area contributed by atoms with Gasteiger partial charge < -0.3 is 48.9 Å². The summed E-state index contributed by atoms with van der Waals surface area (Å²) in [7, 11) is 0. The number of benzene rings is 2. The van der Waals surface area contributed by atoms with Crippen molar-refractivity contribution in [2.75, 3.05) is 11.9 Å². The molecule has 0 fully saturated rings. The number of imidazole rings is 2. The van der Waals surface area contributed by atoms with Gasteiger partial charge in [-0.05, 0) is 48.1 Å². The van der Waals surface area contributed by atoms with E-state index in [0.717, 1.165) is 6.07 Å². The number of carbonyl (C=O) groups is 4. The fraction of sp³-hybridized carbons (Fsp3) is 0.0588. The average Bonchev–Trinajstić information content (AvgIpc) is 3.86. The maximum absolute atomic E-state index is 15.0. The van der Waals surface area contributed by atoms with Gasteiger partial charge in [0.2, 0.25) is 6.41 Å². The van der Waals surface area contributed by atoms with Crippen molar-refractivity contribution in [1.29, 1.82) is 0 Å². The molecule has 4 rings (SSSR count). The summed E-state index contributed by atoms with van der Waals surface area (Å²) in [6, 6.07) is 4.44. The van der Waals surface area contributed by atoms with Crippen LogP contribution in [0.4, 0.5) is 10.1 Å². The van der Waals surface area contributed by atoms with Gasteiger partial charge in [0, 0.05) is 54.1 Å². The van der Waals surface area contributed by atoms with Crippen LogP contribution in [0.15, 0.2) is 91.7 Å². The average molecular weight is 713 g/mol. The lowest BCUT2D eigenvalue weighted by Gasteiger charge is -2.15. The van der Waals surface area contributed by atoms with Crippen LogP contribution in [0.1, 0.15) is 37.4 Å². The summed E-state index contributed by atoms with van der Waals surface area (Å²) in [5, 5.41) is 21.8. The Bertz CT molecular complexity index is 2110. The number of carboxylic acid groups (broad SMARTS) is 2. The van der Waals surface area contributed by atoms with E-state index in [1.165, 1.54) is 70.6 Å². The number of amides is 2. The van der Waals surface area contributed by atoms with E-state index in [2.05, 4.69) is 26.9 Å². The first-order chi connectivity index (χ1) is 24.8. The van der Waals surface area contributed by atoms with Crippen molar-refractivity contribution in [3.05, 3.63) is 125 Å². The van der Waals surface area contributed by atoms with Crippen LogP contribution in [0, 0.1) is 18.2 Å². The summed E-state index contributed by atoms with van der Waals surface area (Å²) in [5.41, 5.74) is 27.7. The first-order valence-corrected chi connectivity index (χ1v) is 14.7. The lowest BCUT2D eigenvalue weighted by molar-refractivity contribution is -0.113. The van der Waals surface area contributed by atoms with Gasteiger partial charge >= 0.3 is 11.9 Å². The fourth-order valence-corrected chi connectivity index (χ4v) is 4.32. The van der Waals surface area contributed by atoms with Gasteiger partial charge in [0.05, 0.1) is 29.1 Å². The van der Waals surface area contributed by atoms with E-state index in [1.54, 1.807) is 12.4 Å². The zero-order chi connectivity index (χ0) is 38.4. The summed E-state index contributed by atoms with van der Waals surface area (Å²) in [6.45, 7) is -0.200. The predicted molar refractivity (Wildman–Crippen MR) is 189 cm³/mol. The molecule has 0 aliphatic rings. The summed E-state index contributed by atoms with van der Waals surface area (Å²) in [5.74, 6) is -2.22. The van der Waals surface area contributed by atoms with Gasteiger partial charge in [-0.25, -0.2) is 23.9 Å². The number of hydrogen-bond acceptors (Lipinski definition) is 11. The van der Waals surface area contributed by atoms with E-state index >= 15 is 0 Å². The van der Waals surface area contributed by atoms with E-state index in [4.69, 9.17) is 38.9 Å². The Morgan fingerprint density at radius 2 is 1.46 bits per heavy atom. The normalized spacial score (nSPS) is 11.8. The zero-order valence-corrected chi connectivity index (χ0v) is 27.1. The molecule has 4 aromatic rings. The standard InChI is InChI=1S/C33H30FN9O6.CH3NO/c1-2-19-13-22(32(45)46)21(25(35)3-5-29(37)42-10-8-39-17-42)14-20(19)7-12-49-28-16-27(23(33(47)48)15-24(28)34)41-31(44)26(36)4-6-30(38)43-11-9-40-18-43;2-1-3/h1,3-6,8-11,13-18H,7,12,35-38H2,(H,41,44)(H,45,46)(H,47,48);1H,(H2,2,3)/b25-3-,26-4-,29-5+,30-6+;. The number of allylic oxidation sites excluding steroid dienone is 4. The Balaban J connectivity index is 0.00000235. The van der Waals surface area contributed by atoms with Gasteiger partial charge in [0.25, 0.3) is 5.91 Å². The van der Waals surface area contributed by atoms with E-state index < -0.39 is 35.0 Å². The number of carboxylic acids is 2. The number of aromatic nitrogens is 4. The molecule has 268 valence electrons. The number of anilines is 1. The monoisotopic (exact) mass is 712 g/mol. The van der Waals surface area contributed by atoms with Crippen LogP contribution in [-0.4, -0.2) is 60.2 Å². The molecule has 2 amide bonds. The largest absolute Gasteiger partial charge is 0.490 e. The highest BCUT2D eigenvalue weighted by Crippen LogP contribution is 2.28. The Hall–Kier alpha value is -7.81. The fourth-order valence-electron chi connectivity index (χ4n) is 4.32. The minimum absolute atomic E-state index is 0.0505. The van der Waals surface area contributed by atoms with Gasteiger partial charge in [0.1, 0.15) is 24.3 Å². The summed E-state index contributed by atoms with van der Waals surface area (Å²) in [6.07, 6.45) is 20.5. The molecule has 13 N–H and O–H groups in total. The molecule has 18 heteroatoms. The van der Waals surface area contributed by atoms with Crippen molar-refractivity contribution in [1.82, 2.24) is 19.1 Å². The molecule has 2 aromatic heterocycles. The van der Waals surface area contributed by atoms with Crippen LogP contribution in [-0.2, 0) is 16.0 Å². The highest BCUT2D eigenvalue weighted by Gasteiger charge is 2.20. The second-order valence-corrected chi connectivity index (χ2v) is 10.2. The molecule has 0 aliphatic carbocycles. The molecule has 0 radical (unpaired) electrons. The first kappa shape index (κ1) is 38.6. The number of terminal acetylenes is 1. The summed E-state index contributed by atoms with van der Waals surface area (Å²) in [4.78, 5) is 53.0. The SMILES string of the molecule is C#Cc1cc(C(=O)O)c(/C(N)=C/C=C(\N)n2ccnc2)cc1CCOc1cc(NC(=O)/C(N)=C/C=C(\N)n2ccnc2)c(C(=O)O)cc1F.NC=O. The molecule has 0 saturated heterocycles. The second-order valence-electron chi connectivity index (χ2n) is 10.2. The number of nitrogens with two attached hydrogens (primary N) is 5. The van der Waals surface area contributed by atoms with E-state index in [9.17, 15) is 29.0 Å². The molecule has 0 bridgehead atoms. The lowest BCUT2D eigenvalue weighted by atomic mass is 9.95. The third kappa shape index (κ3) is 10.1. The molecule has 0 unspecified atom stereocenters. The molecular formula is C34H33FN10O7. The number of carbonyl (C=O) groups excluding carboxylic acids is 2. The van der Waals surface area contributed by atoms with Crippen LogP contribution in [0.2, 0.25) is 0 Å². The van der Waals surface area contributed by atoms with Crippen LogP contribution in [0.3, 0.4) is 0 Å². The van der Waals surface area contributed by atoms with Crippen molar-refractivity contribution in [3.8, 4) is 18.1 Å². The molecule has 2 heterocycles. The number of hydrogen-bond donors (Lipinski definition) is 8. The third-order valence-corrected chi connectivity index (χ3v) is 6.85. The Morgan fingerprint density at radius 1 is 0.885 bits per heavy atom.